The van der Waals surface area contributed by atoms with Gasteiger partial charge in [-0.3, -0.25) is 4.79 Å². The number of nitrogens with two attached hydrogens (primary N) is 1. The van der Waals surface area contributed by atoms with Crippen molar-refractivity contribution in [2.75, 3.05) is 25.0 Å². The Kier molecular flexibility index (Phi) is 5.14. The average Bonchev–Trinajstić information content (AvgIpc) is 2.24. The second-order valence-electron chi connectivity index (χ2n) is 4.44. The SMILES string of the molecule is CC(C)Cn1ncc(N(C)CCN)c(Br)c1=O. The van der Waals surface area contributed by atoms with Crippen molar-refractivity contribution in [2.45, 2.75) is 20.4 Å². The molecule has 1 aromatic heterocycles. The minimum Gasteiger partial charge on any atom is -0.371 e. The molecule has 5 nitrogen and oxygen atoms in total. The number of hydrogen-bond donors (Lipinski definition) is 1. The molecule has 0 radical (unpaired) electrons. The van der Waals surface area contributed by atoms with E-state index < -0.39 is 0 Å². The van der Waals surface area contributed by atoms with E-state index in [-0.39, 0.29) is 5.56 Å². The van der Waals surface area contributed by atoms with Crippen LogP contribution in [0, 0.1) is 5.92 Å². The number of rotatable bonds is 5. The topological polar surface area (TPSA) is 64.2 Å². The molecule has 0 aromatic carbocycles. The zero-order valence-electron chi connectivity index (χ0n) is 10.5. The third-order valence-corrected chi connectivity index (χ3v) is 3.13. The molecule has 0 unspecified atom stereocenters. The fourth-order valence-electron chi connectivity index (χ4n) is 1.51. The highest BCUT2D eigenvalue weighted by Crippen LogP contribution is 2.19. The summed E-state index contributed by atoms with van der Waals surface area (Å²) in [5.74, 6) is 0.389. The molecule has 0 fully saturated rings. The molecule has 1 rings (SSSR count). The van der Waals surface area contributed by atoms with Gasteiger partial charge in [-0.05, 0) is 21.8 Å². The Labute approximate surface area is 110 Å². The molecule has 0 spiro atoms. The zero-order chi connectivity index (χ0) is 13.0. The van der Waals surface area contributed by atoms with E-state index in [2.05, 4.69) is 34.9 Å². The van der Waals surface area contributed by atoms with Crippen LogP contribution >= 0.6 is 15.9 Å². The number of hydrogen-bond acceptors (Lipinski definition) is 4. The van der Waals surface area contributed by atoms with Gasteiger partial charge < -0.3 is 10.6 Å². The Morgan fingerprint density at radius 1 is 1.59 bits per heavy atom. The number of likely N-dealkylation sites (N-methyl/N-ethyl adjacent to an activating group) is 1. The van der Waals surface area contributed by atoms with Crippen molar-refractivity contribution < 1.29 is 0 Å². The lowest BCUT2D eigenvalue weighted by Gasteiger charge is -2.19. The van der Waals surface area contributed by atoms with E-state index in [0.29, 0.717) is 30.0 Å². The molecule has 0 aliphatic heterocycles. The quantitative estimate of drug-likeness (QED) is 0.883. The van der Waals surface area contributed by atoms with E-state index in [1.165, 1.54) is 4.68 Å². The van der Waals surface area contributed by atoms with Crippen LogP contribution in [0.2, 0.25) is 0 Å². The van der Waals surface area contributed by atoms with Crippen molar-refractivity contribution in [1.29, 1.82) is 0 Å². The van der Waals surface area contributed by atoms with Crippen LogP contribution in [-0.4, -0.2) is 29.9 Å². The lowest BCUT2D eigenvalue weighted by molar-refractivity contribution is 0.462. The van der Waals surface area contributed by atoms with Crippen molar-refractivity contribution in [2.24, 2.45) is 11.7 Å². The summed E-state index contributed by atoms with van der Waals surface area (Å²) in [6.45, 7) is 5.96. The van der Waals surface area contributed by atoms with Crippen LogP contribution in [0.5, 0.6) is 0 Å². The van der Waals surface area contributed by atoms with Gasteiger partial charge in [0, 0.05) is 26.7 Å². The summed E-state index contributed by atoms with van der Waals surface area (Å²) in [4.78, 5) is 13.9. The predicted octanol–water partition coefficient (Wildman–Crippen LogP) is 1.06. The normalized spacial score (nSPS) is 10.9. The second-order valence-corrected chi connectivity index (χ2v) is 5.23. The molecule has 6 heteroatoms. The molecular formula is C11H19BrN4O. The van der Waals surface area contributed by atoms with Gasteiger partial charge >= 0.3 is 0 Å². The van der Waals surface area contributed by atoms with E-state index in [1.54, 1.807) is 6.20 Å². The zero-order valence-corrected chi connectivity index (χ0v) is 12.1. The molecule has 0 saturated heterocycles. The van der Waals surface area contributed by atoms with Crippen LogP contribution < -0.4 is 16.2 Å². The highest BCUT2D eigenvalue weighted by Gasteiger charge is 2.12. The molecule has 0 aliphatic carbocycles. The fourth-order valence-corrected chi connectivity index (χ4v) is 2.12. The van der Waals surface area contributed by atoms with Gasteiger partial charge in [0.25, 0.3) is 5.56 Å². The highest BCUT2D eigenvalue weighted by molar-refractivity contribution is 9.10. The van der Waals surface area contributed by atoms with E-state index in [4.69, 9.17) is 5.73 Å². The lowest BCUT2D eigenvalue weighted by Crippen LogP contribution is -2.31. The number of aromatic nitrogens is 2. The van der Waals surface area contributed by atoms with Gasteiger partial charge in [0.05, 0.1) is 11.9 Å². The monoisotopic (exact) mass is 302 g/mol. The van der Waals surface area contributed by atoms with Crippen LogP contribution in [0.15, 0.2) is 15.5 Å². The first-order valence-electron chi connectivity index (χ1n) is 5.64. The predicted molar refractivity (Wildman–Crippen MR) is 73.4 cm³/mol. The van der Waals surface area contributed by atoms with Gasteiger partial charge in [0.15, 0.2) is 0 Å². The fraction of sp³-hybridized carbons (Fsp3) is 0.636. The molecule has 1 aromatic rings. The average molecular weight is 303 g/mol. The van der Waals surface area contributed by atoms with Gasteiger partial charge in [-0.25, -0.2) is 4.68 Å². The van der Waals surface area contributed by atoms with E-state index in [1.807, 2.05) is 11.9 Å². The summed E-state index contributed by atoms with van der Waals surface area (Å²) in [7, 11) is 1.89. The third kappa shape index (κ3) is 3.54. The Morgan fingerprint density at radius 3 is 2.76 bits per heavy atom. The molecule has 1 heterocycles. The molecule has 17 heavy (non-hydrogen) atoms. The second kappa shape index (κ2) is 6.16. The maximum absolute atomic E-state index is 12.0. The highest BCUT2D eigenvalue weighted by atomic mass is 79.9. The van der Waals surface area contributed by atoms with Gasteiger partial charge in [0.1, 0.15) is 4.47 Å². The van der Waals surface area contributed by atoms with E-state index >= 15 is 0 Å². The molecule has 0 bridgehead atoms. The van der Waals surface area contributed by atoms with E-state index in [9.17, 15) is 4.79 Å². The Hall–Kier alpha value is -0.880. The van der Waals surface area contributed by atoms with Crippen molar-refractivity contribution in [3.05, 3.63) is 21.0 Å². The van der Waals surface area contributed by atoms with Crippen molar-refractivity contribution >= 4 is 21.6 Å². The van der Waals surface area contributed by atoms with Crippen molar-refractivity contribution in [3.63, 3.8) is 0 Å². The standard InChI is InChI=1S/C11H19BrN4O/c1-8(2)7-16-11(17)10(12)9(6-14-16)15(3)5-4-13/h6,8H,4-5,7,13H2,1-3H3. The molecule has 0 aliphatic rings. The van der Waals surface area contributed by atoms with Crippen molar-refractivity contribution in [3.8, 4) is 0 Å². The first-order valence-corrected chi connectivity index (χ1v) is 6.43. The summed E-state index contributed by atoms with van der Waals surface area (Å²) in [5.41, 5.74) is 6.17. The summed E-state index contributed by atoms with van der Waals surface area (Å²) in [6.07, 6.45) is 1.70. The number of halogens is 1. The van der Waals surface area contributed by atoms with Crippen LogP contribution in [0.4, 0.5) is 5.69 Å². The van der Waals surface area contributed by atoms with Gasteiger partial charge in [0.2, 0.25) is 0 Å². The van der Waals surface area contributed by atoms with E-state index in [0.717, 1.165) is 5.69 Å². The molecule has 0 atom stereocenters. The Bertz CT molecular complexity index is 430. The Balaban J connectivity index is 3.06. The number of nitrogens with zero attached hydrogens (tertiary/aromatic N) is 3. The minimum absolute atomic E-state index is 0.0972. The summed E-state index contributed by atoms with van der Waals surface area (Å²) in [6, 6.07) is 0. The Morgan fingerprint density at radius 2 is 2.24 bits per heavy atom. The molecule has 0 saturated carbocycles. The maximum Gasteiger partial charge on any atom is 0.283 e. The minimum atomic E-state index is -0.0972. The largest absolute Gasteiger partial charge is 0.371 e. The summed E-state index contributed by atoms with van der Waals surface area (Å²) >= 11 is 3.34. The first kappa shape index (κ1) is 14.2. The lowest BCUT2D eigenvalue weighted by atomic mass is 10.2. The van der Waals surface area contributed by atoms with Gasteiger partial charge in [-0.15, -0.1) is 0 Å². The molecular weight excluding hydrogens is 284 g/mol. The smallest absolute Gasteiger partial charge is 0.283 e. The first-order chi connectivity index (χ1) is 7.97. The van der Waals surface area contributed by atoms with Crippen LogP contribution in [-0.2, 0) is 6.54 Å². The molecule has 0 amide bonds. The van der Waals surface area contributed by atoms with Gasteiger partial charge in [-0.1, -0.05) is 13.8 Å². The molecule has 2 N–H and O–H groups in total. The molecule has 96 valence electrons. The van der Waals surface area contributed by atoms with Gasteiger partial charge in [-0.2, -0.15) is 5.10 Å². The van der Waals surface area contributed by atoms with Crippen LogP contribution in [0.1, 0.15) is 13.8 Å². The van der Waals surface area contributed by atoms with Crippen molar-refractivity contribution in [1.82, 2.24) is 9.78 Å². The van der Waals surface area contributed by atoms with Crippen LogP contribution in [0.25, 0.3) is 0 Å². The third-order valence-electron chi connectivity index (χ3n) is 2.38. The summed E-state index contributed by atoms with van der Waals surface area (Å²) < 4.78 is 2.03. The summed E-state index contributed by atoms with van der Waals surface area (Å²) in [5, 5.41) is 4.17. The van der Waals surface area contributed by atoms with Crippen LogP contribution in [0.3, 0.4) is 0 Å². The number of anilines is 1. The maximum atomic E-state index is 12.0.